The van der Waals surface area contributed by atoms with E-state index in [4.69, 9.17) is 16.3 Å². The third-order valence-corrected chi connectivity index (χ3v) is 5.63. The molecule has 0 aliphatic carbocycles. The Labute approximate surface area is 171 Å². The van der Waals surface area contributed by atoms with Gasteiger partial charge in [-0.25, -0.2) is 8.42 Å². The van der Waals surface area contributed by atoms with Crippen molar-refractivity contribution in [3.8, 4) is 5.75 Å². The van der Waals surface area contributed by atoms with Gasteiger partial charge in [0.25, 0.3) is 0 Å². The van der Waals surface area contributed by atoms with Gasteiger partial charge in [-0.15, -0.1) is 0 Å². The van der Waals surface area contributed by atoms with Gasteiger partial charge in [0.05, 0.1) is 24.7 Å². The van der Waals surface area contributed by atoms with Gasteiger partial charge in [-0.3, -0.25) is 9.10 Å². The number of carbonyl (C=O) groups excluding carboxylic acids is 1. The molecule has 0 aromatic heterocycles. The second-order valence-corrected chi connectivity index (χ2v) is 8.96. The molecular formula is C20H25ClN2O4S. The average molecular weight is 425 g/mol. The first kappa shape index (κ1) is 22.0. The van der Waals surface area contributed by atoms with E-state index in [-0.39, 0.29) is 6.42 Å². The summed E-state index contributed by atoms with van der Waals surface area (Å²) in [7, 11) is -2.23. The van der Waals surface area contributed by atoms with Crippen LogP contribution in [0.25, 0.3) is 0 Å². The van der Waals surface area contributed by atoms with Crippen molar-refractivity contribution in [3.63, 3.8) is 0 Å². The van der Waals surface area contributed by atoms with Crippen molar-refractivity contribution in [2.75, 3.05) is 23.0 Å². The van der Waals surface area contributed by atoms with Gasteiger partial charge in [0.2, 0.25) is 15.9 Å². The van der Waals surface area contributed by atoms with Gasteiger partial charge < -0.3 is 10.1 Å². The topological polar surface area (TPSA) is 75.7 Å². The number of rotatable bonds is 7. The molecule has 152 valence electrons. The van der Waals surface area contributed by atoms with Crippen molar-refractivity contribution in [1.29, 1.82) is 0 Å². The summed E-state index contributed by atoms with van der Waals surface area (Å²) in [4.78, 5) is 13.0. The smallest absolute Gasteiger partial charge is 0.248 e. The number of nitrogens with one attached hydrogen (secondary N) is 1. The number of carbonyl (C=O) groups is 1. The van der Waals surface area contributed by atoms with Crippen LogP contribution in [0.1, 0.15) is 24.5 Å². The van der Waals surface area contributed by atoms with Crippen LogP contribution in [-0.4, -0.2) is 33.7 Å². The van der Waals surface area contributed by atoms with Crippen molar-refractivity contribution in [1.82, 2.24) is 0 Å². The van der Waals surface area contributed by atoms with E-state index in [1.165, 1.54) is 11.4 Å². The highest BCUT2D eigenvalue weighted by Crippen LogP contribution is 2.30. The van der Waals surface area contributed by atoms with E-state index in [0.717, 1.165) is 17.4 Å². The lowest BCUT2D eigenvalue weighted by Crippen LogP contribution is -2.47. The maximum atomic E-state index is 13.0. The summed E-state index contributed by atoms with van der Waals surface area (Å²) in [6.07, 6.45) is 1.38. The summed E-state index contributed by atoms with van der Waals surface area (Å²) in [5.74, 6) is -0.0300. The van der Waals surface area contributed by atoms with Crippen molar-refractivity contribution in [3.05, 3.63) is 52.5 Å². The molecule has 0 fully saturated rings. The molecule has 0 saturated heterocycles. The van der Waals surface area contributed by atoms with Crippen molar-refractivity contribution < 1.29 is 17.9 Å². The number of sulfonamides is 1. The SMILES string of the molecule is CCC(C(=O)Nc1cc(Cl)ccc1OC)N(c1cc(C)cc(C)c1)S(C)(=O)=O. The molecule has 0 radical (unpaired) electrons. The Balaban J connectivity index is 2.47. The van der Waals surface area contributed by atoms with Gasteiger partial charge in [0.1, 0.15) is 11.8 Å². The molecule has 1 N–H and O–H groups in total. The Morgan fingerprint density at radius 3 is 2.29 bits per heavy atom. The molecule has 2 aromatic carbocycles. The first-order chi connectivity index (χ1) is 13.1. The number of hydrogen-bond donors (Lipinski definition) is 1. The number of halogens is 1. The second kappa shape index (κ2) is 8.84. The number of methoxy groups -OCH3 is 1. The standard InChI is InChI=1S/C20H25ClN2O4S/c1-6-18(20(24)22-17-12-15(21)7-8-19(17)27-4)23(28(5,25)26)16-10-13(2)9-14(3)11-16/h7-12,18H,6H2,1-5H3,(H,22,24). The highest BCUT2D eigenvalue weighted by atomic mass is 35.5. The van der Waals surface area contributed by atoms with Crippen LogP contribution in [0.3, 0.4) is 0 Å². The monoisotopic (exact) mass is 424 g/mol. The van der Waals surface area contributed by atoms with Crippen molar-refractivity contribution in [2.45, 2.75) is 33.2 Å². The minimum Gasteiger partial charge on any atom is -0.495 e. The van der Waals surface area contributed by atoms with Crippen LogP contribution in [-0.2, 0) is 14.8 Å². The number of amides is 1. The summed E-state index contributed by atoms with van der Waals surface area (Å²) in [6, 6.07) is 9.37. The number of aryl methyl sites for hydroxylation is 2. The van der Waals surface area contributed by atoms with Crippen LogP contribution in [0.15, 0.2) is 36.4 Å². The van der Waals surface area contributed by atoms with E-state index in [1.807, 2.05) is 19.9 Å². The van der Waals surface area contributed by atoms with E-state index in [9.17, 15) is 13.2 Å². The Bertz CT molecular complexity index is 956. The quantitative estimate of drug-likeness (QED) is 0.724. The zero-order valence-electron chi connectivity index (χ0n) is 16.6. The number of hydrogen-bond acceptors (Lipinski definition) is 4. The predicted octanol–water partition coefficient (Wildman–Crippen LogP) is 4.15. The van der Waals surface area contributed by atoms with E-state index in [0.29, 0.717) is 22.1 Å². The predicted molar refractivity (Wildman–Crippen MR) is 114 cm³/mol. The highest BCUT2D eigenvalue weighted by Gasteiger charge is 2.32. The molecule has 0 spiro atoms. The largest absolute Gasteiger partial charge is 0.495 e. The van der Waals surface area contributed by atoms with Gasteiger partial charge in [-0.1, -0.05) is 24.6 Å². The van der Waals surface area contributed by atoms with E-state index in [2.05, 4.69) is 5.32 Å². The number of anilines is 2. The first-order valence-electron chi connectivity index (χ1n) is 8.79. The van der Waals surface area contributed by atoms with Crippen molar-refractivity contribution >= 4 is 38.9 Å². The minimum absolute atomic E-state index is 0.286. The maximum absolute atomic E-state index is 13.0. The van der Waals surface area contributed by atoms with Gasteiger partial charge in [-0.2, -0.15) is 0 Å². The van der Waals surface area contributed by atoms with Crippen LogP contribution >= 0.6 is 11.6 Å². The fourth-order valence-electron chi connectivity index (χ4n) is 3.13. The lowest BCUT2D eigenvalue weighted by atomic mass is 10.1. The lowest BCUT2D eigenvalue weighted by molar-refractivity contribution is -0.117. The van der Waals surface area contributed by atoms with Gasteiger partial charge in [0, 0.05) is 5.02 Å². The number of nitrogens with zero attached hydrogens (tertiary/aromatic N) is 1. The van der Waals surface area contributed by atoms with Crippen LogP contribution in [0, 0.1) is 13.8 Å². The molecule has 2 aromatic rings. The molecule has 2 rings (SSSR count). The minimum atomic E-state index is -3.71. The zero-order chi connectivity index (χ0) is 21.1. The van der Waals surface area contributed by atoms with Crippen LogP contribution in [0.5, 0.6) is 5.75 Å². The molecule has 0 saturated carbocycles. The molecule has 0 bridgehead atoms. The molecule has 8 heteroatoms. The van der Waals surface area contributed by atoms with Gasteiger partial charge in [-0.05, 0) is 61.7 Å². The molecule has 6 nitrogen and oxygen atoms in total. The third kappa shape index (κ3) is 5.17. The van der Waals surface area contributed by atoms with Gasteiger partial charge >= 0.3 is 0 Å². The normalized spacial score (nSPS) is 12.4. The molecule has 1 amide bonds. The maximum Gasteiger partial charge on any atom is 0.248 e. The molecule has 0 heterocycles. The molecule has 28 heavy (non-hydrogen) atoms. The fourth-order valence-corrected chi connectivity index (χ4v) is 4.50. The van der Waals surface area contributed by atoms with E-state index in [1.54, 1.807) is 37.3 Å². The highest BCUT2D eigenvalue weighted by molar-refractivity contribution is 7.92. The summed E-state index contributed by atoms with van der Waals surface area (Å²) < 4.78 is 31.6. The van der Waals surface area contributed by atoms with Crippen LogP contribution < -0.4 is 14.4 Å². The average Bonchev–Trinajstić information content (AvgIpc) is 2.57. The van der Waals surface area contributed by atoms with E-state index >= 15 is 0 Å². The van der Waals surface area contributed by atoms with Crippen LogP contribution in [0.2, 0.25) is 5.02 Å². The molecule has 0 aliphatic rings. The summed E-state index contributed by atoms with van der Waals surface area (Å²) in [5, 5.41) is 3.18. The summed E-state index contributed by atoms with van der Waals surface area (Å²) >= 11 is 6.02. The molecule has 0 aliphatic heterocycles. The van der Waals surface area contributed by atoms with Crippen molar-refractivity contribution in [2.24, 2.45) is 0 Å². The Kier molecular flexibility index (Phi) is 6.96. The number of benzene rings is 2. The molecular weight excluding hydrogens is 400 g/mol. The molecule has 1 atom stereocenters. The zero-order valence-corrected chi connectivity index (χ0v) is 18.2. The second-order valence-electron chi connectivity index (χ2n) is 6.66. The lowest BCUT2D eigenvalue weighted by Gasteiger charge is -2.30. The molecule has 1 unspecified atom stereocenters. The third-order valence-electron chi connectivity index (χ3n) is 4.21. The Hall–Kier alpha value is -2.25. The first-order valence-corrected chi connectivity index (χ1v) is 11.0. The van der Waals surface area contributed by atoms with E-state index < -0.39 is 22.0 Å². The summed E-state index contributed by atoms with van der Waals surface area (Å²) in [6.45, 7) is 5.53. The van der Waals surface area contributed by atoms with Gasteiger partial charge in [0.15, 0.2) is 0 Å². The van der Waals surface area contributed by atoms with Crippen LogP contribution in [0.4, 0.5) is 11.4 Å². The summed E-state index contributed by atoms with van der Waals surface area (Å²) in [5.41, 5.74) is 2.67. The number of ether oxygens (including phenoxy) is 1. The Morgan fingerprint density at radius 2 is 1.79 bits per heavy atom. The Morgan fingerprint density at radius 1 is 1.18 bits per heavy atom. The fraction of sp³-hybridized carbons (Fsp3) is 0.350.